The van der Waals surface area contributed by atoms with Gasteiger partial charge in [0.05, 0.1) is 12.5 Å². The first-order valence-corrected chi connectivity index (χ1v) is 18.2. The van der Waals surface area contributed by atoms with Crippen molar-refractivity contribution in [3.63, 3.8) is 0 Å². The summed E-state index contributed by atoms with van der Waals surface area (Å²) >= 11 is 0. The van der Waals surface area contributed by atoms with Crippen LogP contribution in [0.15, 0.2) is 0 Å². The van der Waals surface area contributed by atoms with Crippen molar-refractivity contribution in [2.45, 2.75) is 218 Å². The van der Waals surface area contributed by atoms with E-state index in [2.05, 4.69) is 13.8 Å². The van der Waals surface area contributed by atoms with E-state index < -0.39 is 29.9 Å². The number of hydrogen-bond donors (Lipinski definition) is 2. The Hall–Kier alpha value is -1.14. The molecule has 1 heterocycles. The van der Waals surface area contributed by atoms with Crippen molar-refractivity contribution >= 4 is 11.9 Å². The largest absolute Gasteiger partial charge is 0.481 e. The summed E-state index contributed by atoms with van der Waals surface area (Å²) < 4.78 is 12.1. The average molecular weight is 597 g/mol. The maximum absolute atomic E-state index is 12.0. The molecule has 0 amide bonds. The lowest BCUT2D eigenvalue weighted by molar-refractivity contribution is -0.199. The maximum atomic E-state index is 12.0. The Balaban J connectivity index is 2.24. The number of carbonyl (C=O) groups is 2. The molecule has 1 fully saturated rings. The number of unbranched alkanes of at least 4 members (excludes halogenated alkanes) is 24. The molecule has 2 N–H and O–H groups in total. The zero-order valence-corrected chi connectivity index (χ0v) is 27.7. The van der Waals surface area contributed by atoms with Crippen LogP contribution in [0.25, 0.3) is 0 Å². The van der Waals surface area contributed by atoms with Crippen LogP contribution in [0.5, 0.6) is 0 Å². The van der Waals surface area contributed by atoms with Crippen LogP contribution in [0, 0.1) is 0 Å². The molecule has 0 bridgehead atoms. The van der Waals surface area contributed by atoms with Crippen molar-refractivity contribution in [3.05, 3.63) is 0 Å². The lowest BCUT2D eigenvalue weighted by Gasteiger charge is -2.26. The second-order valence-corrected chi connectivity index (χ2v) is 13.0. The molecule has 42 heavy (non-hydrogen) atoms. The van der Waals surface area contributed by atoms with Crippen molar-refractivity contribution in [2.24, 2.45) is 0 Å². The summed E-state index contributed by atoms with van der Waals surface area (Å²) in [6.45, 7) is 4.51. The van der Waals surface area contributed by atoms with Crippen molar-refractivity contribution in [1.29, 1.82) is 0 Å². The first-order chi connectivity index (χ1) is 20.4. The van der Waals surface area contributed by atoms with Crippen molar-refractivity contribution < 1.29 is 29.3 Å². The van der Waals surface area contributed by atoms with Crippen LogP contribution in [-0.2, 0) is 19.1 Å². The molecule has 0 radical (unpaired) electrons. The summed E-state index contributed by atoms with van der Waals surface area (Å²) in [7, 11) is 0. The molecule has 0 saturated carbocycles. The Morgan fingerprint density at radius 1 is 0.524 bits per heavy atom. The second-order valence-electron chi connectivity index (χ2n) is 13.0. The number of ether oxygens (including phenoxy) is 2. The second kappa shape index (κ2) is 26.3. The lowest BCUT2D eigenvalue weighted by atomic mass is 10.0. The van der Waals surface area contributed by atoms with Crippen molar-refractivity contribution in [1.82, 2.24) is 0 Å². The number of aliphatic carboxylic acids is 2. The van der Waals surface area contributed by atoms with Crippen LogP contribution in [-0.4, -0.2) is 40.1 Å². The van der Waals surface area contributed by atoms with Gasteiger partial charge in [0.15, 0.2) is 11.9 Å². The fourth-order valence-corrected chi connectivity index (χ4v) is 6.39. The lowest BCUT2D eigenvalue weighted by Crippen LogP contribution is -2.35. The molecule has 1 saturated heterocycles. The zero-order valence-electron chi connectivity index (χ0n) is 27.7. The standard InChI is InChI=1S/C36H68O6/c1-3-5-7-9-11-13-15-17-19-21-23-25-27-29-32-34(35(39)40)42-36(41-32,31-33(37)38)30-28-26-24-22-20-18-16-14-12-10-8-6-4-2/h32,34H,3-31H2,1-2H3,(H,37,38)(H,39,40)/t32-,34+,36+/m0/s1. The molecule has 0 aromatic heterocycles. The minimum atomic E-state index is -1.31. The molecule has 3 atom stereocenters. The van der Waals surface area contributed by atoms with E-state index in [4.69, 9.17) is 9.47 Å². The number of rotatable bonds is 31. The molecular formula is C36H68O6. The molecule has 1 aliphatic heterocycles. The van der Waals surface area contributed by atoms with Gasteiger partial charge in [-0.3, -0.25) is 4.79 Å². The highest BCUT2D eigenvalue weighted by molar-refractivity contribution is 5.74. The topological polar surface area (TPSA) is 93.1 Å². The van der Waals surface area contributed by atoms with E-state index in [1.807, 2.05) is 0 Å². The minimum absolute atomic E-state index is 0.301. The Morgan fingerprint density at radius 2 is 0.881 bits per heavy atom. The van der Waals surface area contributed by atoms with Crippen molar-refractivity contribution in [3.8, 4) is 0 Å². The predicted molar refractivity (Wildman–Crippen MR) is 173 cm³/mol. The molecule has 0 aromatic rings. The van der Waals surface area contributed by atoms with Crippen LogP contribution in [0.3, 0.4) is 0 Å². The SMILES string of the molecule is CCCCCCCCCCCCCCC[C@@H]1O[C@@](CCCCCCCCCCCCCCC)(CC(=O)O)O[C@H]1C(=O)O. The Kier molecular flexibility index (Phi) is 24.3. The highest BCUT2D eigenvalue weighted by atomic mass is 16.8. The average Bonchev–Trinajstić information content (AvgIpc) is 3.31. The maximum Gasteiger partial charge on any atom is 0.335 e. The summed E-state index contributed by atoms with van der Waals surface area (Å²) in [5, 5.41) is 19.3. The molecule has 0 spiro atoms. The Morgan fingerprint density at radius 3 is 1.24 bits per heavy atom. The molecule has 6 nitrogen and oxygen atoms in total. The molecule has 1 aliphatic rings. The number of hydrogen-bond acceptors (Lipinski definition) is 4. The van der Waals surface area contributed by atoms with Gasteiger partial charge in [-0.2, -0.15) is 0 Å². The molecule has 0 aromatic carbocycles. The van der Waals surface area contributed by atoms with Crippen molar-refractivity contribution in [2.75, 3.05) is 0 Å². The molecule has 248 valence electrons. The number of carboxylic acid groups (broad SMARTS) is 2. The van der Waals surface area contributed by atoms with Gasteiger partial charge < -0.3 is 19.7 Å². The molecular weight excluding hydrogens is 528 g/mol. The van der Waals surface area contributed by atoms with Crippen LogP contribution in [0.4, 0.5) is 0 Å². The molecule has 0 aliphatic carbocycles. The third-order valence-electron chi connectivity index (χ3n) is 8.96. The van der Waals surface area contributed by atoms with Gasteiger partial charge in [-0.25, -0.2) is 4.79 Å². The van der Waals surface area contributed by atoms with Crippen LogP contribution in [0.2, 0.25) is 0 Å². The van der Waals surface area contributed by atoms with E-state index in [9.17, 15) is 19.8 Å². The summed E-state index contributed by atoms with van der Waals surface area (Å²) in [6, 6.07) is 0. The minimum Gasteiger partial charge on any atom is -0.481 e. The Labute approximate surface area is 259 Å². The van der Waals surface area contributed by atoms with Gasteiger partial charge >= 0.3 is 11.9 Å². The fourth-order valence-electron chi connectivity index (χ4n) is 6.39. The van der Waals surface area contributed by atoms with Crippen LogP contribution >= 0.6 is 0 Å². The van der Waals surface area contributed by atoms with Gasteiger partial charge in [-0.15, -0.1) is 0 Å². The smallest absolute Gasteiger partial charge is 0.335 e. The van der Waals surface area contributed by atoms with E-state index in [0.29, 0.717) is 12.8 Å². The zero-order chi connectivity index (χ0) is 30.7. The first-order valence-electron chi connectivity index (χ1n) is 18.2. The van der Waals surface area contributed by atoms with E-state index in [0.717, 1.165) is 38.5 Å². The molecule has 6 heteroatoms. The summed E-state index contributed by atoms with van der Waals surface area (Å²) in [5.74, 6) is -3.36. The predicted octanol–water partition coefficient (Wildman–Crippen LogP) is 11.0. The van der Waals surface area contributed by atoms with E-state index >= 15 is 0 Å². The highest BCUT2D eigenvalue weighted by Crippen LogP contribution is 2.38. The summed E-state index contributed by atoms with van der Waals surface area (Å²) in [4.78, 5) is 23.6. The third-order valence-corrected chi connectivity index (χ3v) is 8.96. The fraction of sp³-hybridized carbons (Fsp3) is 0.944. The van der Waals surface area contributed by atoms with E-state index in [-0.39, 0.29) is 6.42 Å². The Bertz CT molecular complexity index is 653. The monoisotopic (exact) mass is 597 g/mol. The van der Waals surface area contributed by atoms with E-state index in [1.54, 1.807) is 0 Å². The van der Waals surface area contributed by atoms with Gasteiger partial charge in [-0.05, 0) is 12.8 Å². The first kappa shape index (κ1) is 38.9. The van der Waals surface area contributed by atoms with Gasteiger partial charge in [0.25, 0.3) is 0 Å². The highest BCUT2D eigenvalue weighted by Gasteiger charge is 2.51. The van der Waals surface area contributed by atoms with Gasteiger partial charge in [0.1, 0.15) is 0 Å². The summed E-state index contributed by atoms with van der Waals surface area (Å²) in [6.07, 6.45) is 31.6. The molecule has 0 unspecified atom stereocenters. The normalized spacial score (nSPS) is 20.3. The summed E-state index contributed by atoms with van der Waals surface area (Å²) in [5.41, 5.74) is 0. The molecule has 1 rings (SSSR count). The van der Waals surface area contributed by atoms with Gasteiger partial charge in [0, 0.05) is 6.42 Å². The van der Waals surface area contributed by atoms with Crippen LogP contribution < -0.4 is 0 Å². The van der Waals surface area contributed by atoms with E-state index in [1.165, 1.54) is 128 Å². The van der Waals surface area contributed by atoms with Crippen LogP contribution in [0.1, 0.15) is 200 Å². The van der Waals surface area contributed by atoms with Gasteiger partial charge in [0.2, 0.25) is 0 Å². The van der Waals surface area contributed by atoms with Gasteiger partial charge in [-0.1, -0.05) is 174 Å². The third kappa shape index (κ3) is 19.9. The number of carboxylic acids is 2. The quantitative estimate of drug-likeness (QED) is 0.0773.